The number of hydrogen-bond acceptors (Lipinski definition) is 7. The maximum Gasteiger partial charge on any atom is 0.406 e. The van der Waals surface area contributed by atoms with Gasteiger partial charge in [-0.15, -0.1) is 10.2 Å². The molecular weight excluding hydrogens is 395 g/mol. The van der Waals surface area contributed by atoms with Crippen LogP contribution in [0.15, 0.2) is 48.1 Å². The van der Waals surface area contributed by atoms with Crippen LogP contribution in [0.1, 0.15) is 6.92 Å². The van der Waals surface area contributed by atoms with Crippen LogP contribution >= 0.6 is 11.8 Å². The van der Waals surface area contributed by atoms with Gasteiger partial charge in [0, 0.05) is 30.4 Å². The van der Waals surface area contributed by atoms with Crippen molar-refractivity contribution in [2.75, 3.05) is 5.32 Å². The van der Waals surface area contributed by atoms with E-state index >= 15 is 0 Å². The molecule has 0 fully saturated rings. The second-order valence-corrected chi connectivity index (χ2v) is 6.87. The van der Waals surface area contributed by atoms with Crippen LogP contribution < -0.4 is 5.32 Å². The van der Waals surface area contributed by atoms with Crippen LogP contribution in [0.25, 0.3) is 11.4 Å². The fraction of sp³-hybridized carbons (Fsp3) is 0.250. The first-order chi connectivity index (χ1) is 13.3. The third kappa shape index (κ3) is 5.03. The molecule has 1 atom stereocenters. The van der Waals surface area contributed by atoms with Crippen molar-refractivity contribution in [1.29, 1.82) is 0 Å². The van der Waals surface area contributed by atoms with Gasteiger partial charge >= 0.3 is 6.18 Å². The summed E-state index contributed by atoms with van der Waals surface area (Å²) in [6.07, 6.45) is 1.33. The zero-order valence-corrected chi connectivity index (χ0v) is 15.3. The smallest absolute Gasteiger partial charge is 0.294 e. The number of nitrogens with zero attached hydrogens (tertiary/aromatic N) is 6. The summed E-state index contributed by atoms with van der Waals surface area (Å²) in [6, 6.07) is 4.66. The highest BCUT2D eigenvalue weighted by Crippen LogP contribution is 2.30. The van der Waals surface area contributed by atoms with Crippen molar-refractivity contribution in [3.05, 3.63) is 43.0 Å². The minimum atomic E-state index is -4.48. The van der Waals surface area contributed by atoms with E-state index in [1.54, 1.807) is 13.0 Å². The quantitative estimate of drug-likeness (QED) is 0.625. The minimum Gasteiger partial charge on any atom is -0.294 e. The zero-order valence-electron chi connectivity index (χ0n) is 14.5. The normalized spacial score (nSPS) is 12.6. The lowest BCUT2D eigenvalue weighted by Gasteiger charge is -2.14. The van der Waals surface area contributed by atoms with E-state index in [-0.39, 0.29) is 16.9 Å². The molecule has 3 rings (SSSR count). The predicted octanol–water partition coefficient (Wildman–Crippen LogP) is 2.81. The van der Waals surface area contributed by atoms with Crippen LogP contribution in [-0.4, -0.2) is 47.0 Å². The first kappa shape index (κ1) is 19.7. The molecule has 0 saturated heterocycles. The van der Waals surface area contributed by atoms with Gasteiger partial charge < -0.3 is 0 Å². The third-order valence-electron chi connectivity index (χ3n) is 3.44. The molecule has 0 bridgehead atoms. The van der Waals surface area contributed by atoms with E-state index in [0.717, 1.165) is 16.3 Å². The van der Waals surface area contributed by atoms with Gasteiger partial charge in [0.05, 0.1) is 5.25 Å². The summed E-state index contributed by atoms with van der Waals surface area (Å²) in [4.78, 5) is 23.9. The first-order valence-electron chi connectivity index (χ1n) is 7.98. The van der Waals surface area contributed by atoms with Crippen molar-refractivity contribution < 1.29 is 18.0 Å². The van der Waals surface area contributed by atoms with Gasteiger partial charge in [0.25, 0.3) is 0 Å². The molecule has 0 aliphatic rings. The molecule has 1 N–H and O–H groups in total. The fourth-order valence-corrected chi connectivity index (χ4v) is 3.05. The van der Waals surface area contributed by atoms with Gasteiger partial charge in [-0.2, -0.15) is 13.2 Å². The van der Waals surface area contributed by atoms with Crippen LogP contribution in [0.3, 0.4) is 0 Å². The number of carbonyl (C=O) groups excluding carboxylic acids is 1. The molecule has 0 aliphatic heterocycles. The Morgan fingerprint density at radius 2 is 1.86 bits per heavy atom. The number of alkyl halides is 3. The number of rotatable bonds is 6. The highest BCUT2D eigenvalue weighted by Gasteiger charge is 2.32. The average Bonchev–Trinajstić information content (AvgIpc) is 3.03. The molecule has 1 amide bonds. The Kier molecular flexibility index (Phi) is 5.87. The summed E-state index contributed by atoms with van der Waals surface area (Å²) in [7, 11) is 0. The molecular formula is C16H14F3N7OS. The Bertz CT molecular complexity index is 934. The molecule has 12 heteroatoms. The van der Waals surface area contributed by atoms with Crippen LogP contribution in [0.4, 0.5) is 19.1 Å². The molecule has 3 heterocycles. The predicted molar refractivity (Wildman–Crippen MR) is 95.3 cm³/mol. The van der Waals surface area contributed by atoms with Crippen molar-refractivity contribution in [3.63, 3.8) is 0 Å². The van der Waals surface area contributed by atoms with Crippen LogP contribution in [0.5, 0.6) is 0 Å². The van der Waals surface area contributed by atoms with Crippen molar-refractivity contribution in [2.24, 2.45) is 0 Å². The number of anilines is 1. The van der Waals surface area contributed by atoms with E-state index in [9.17, 15) is 18.0 Å². The Morgan fingerprint density at radius 1 is 1.18 bits per heavy atom. The largest absolute Gasteiger partial charge is 0.406 e. The van der Waals surface area contributed by atoms with Crippen molar-refractivity contribution in [2.45, 2.75) is 30.1 Å². The highest BCUT2D eigenvalue weighted by molar-refractivity contribution is 8.00. The lowest BCUT2D eigenvalue weighted by atomic mass is 10.2. The van der Waals surface area contributed by atoms with Crippen molar-refractivity contribution >= 4 is 23.6 Å². The molecule has 8 nitrogen and oxygen atoms in total. The molecule has 0 radical (unpaired) electrons. The van der Waals surface area contributed by atoms with Gasteiger partial charge in [-0.25, -0.2) is 9.97 Å². The molecule has 0 spiro atoms. The minimum absolute atomic E-state index is 0.0271. The number of amides is 1. The van der Waals surface area contributed by atoms with E-state index in [1.165, 1.54) is 36.9 Å². The molecule has 0 aromatic carbocycles. The highest BCUT2D eigenvalue weighted by atomic mass is 32.2. The summed E-state index contributed by atoms with van der Waals surface area (Å²) in [6.45, 7) is 0.262. The molecule has 0 saturated carbocycles. The van der Waals surface area contributed by atoms with Crippen molar-refractivity contribution in [3.8, 4) is 11.4 Å². The van der Waals surface area contributed by atoms with Gasteiger partial charge in [0.15, 0.2) is 11.0 Å². The molecule has 146 valence electrons. The number of nitrogens with one attached hydrogen (secondary N) is 1. The monoisotopic (exact) mass is 409 g/mol. The molecule has 3 aromatic rings. The van der Waals surface area contributed by atoms with E-state index < -0.39 is 23.9 Å². The lowest BCUT2D eigenvalue weighted by molar-refractivity contribution is -0.141. The van der Waals surface area contributed by atoms with Gasteiger partial charge in [-0.3, -0.25) is 19.7 Å². The van der Waals surface area contributed by atoms with Crippen LogP contribution in [-0.2, 0) is 11.3 Å². The summed E-state index contributed by atoms with van der Waals surface area (Å²) >= 11 is 0.860. The topological polar surface area (TPSA) is 98.5 Å². The fourth-order valence-electron chi connectivity index (χ4n) is 2.20. The Labute approximate surface area is 161 Å². The molecule has 3 aromatic heterocycles. The second-order valence-electron chi connectivity index (χ2n) is 5.57. The van der Waals surface area contributed by atoms with Crippen LogP contribution in [0.2, 0.25) is 0 Å². The SMILES string of the molecule is CC(Sc1nnc(-c2ccncc2)n1CC(F)(F)F)C(=O)Nc1ncccn1. The van der Waals surface area contributed by atoms with E-state index in [4.69, 9.17) is 0 Å². The van der Waals surface area contributed by atoms with E-state index in [1.807, 2.05) is 0 Å². The number of thioether (sulfide) groups is 1. The standard InChI is InChI=1S/C16H14F3N7OS/c1-10(13(27)23-14-21-5-2-6-22-14)28-15-25-24-12(11-3-7-20-8-4-11)26(15)9-16(17,18)19/h2-8,10H,9H2,1H3,(H,21,22,23,27). The number of hydrogen-bond donors (Lipinski definition) is 1. The number of aromatic nitrogens is 6. The van der Waals surface area contributed by atoms with E-state index in [0.29, 0.717) is 5.56 Å². The number of halogens is 3. The molecule has 28 heavy (non-hydrogen) atoms. The van der Waals surface area contributed by atoms with Gasteiger partial charge in [0.2, 0.25) is 11.9 Å². The maximum atomic E-state index is 13.1. The van der Waals surface area contributed by atoms with E-state index in [2.05, 4.69) is 30.5 Å². The summed E-state index contributed by atoms with van der Waals surface area (Å²) < 4.78 is 40.2. The zero-order chi connectivity index (χ0) is 20.1. The molecule has 0 aliphatic carbocycles. The Morgan fingerprint density at radius 3 is 2.50 bits per heavy atom. The maximum absolute atomic E-state index is 13.1. The first-order valence-corrected chi connectivity index (χ1v) is 8.86. The number of pyridine rings is 1. The van der Waals surface area contributed by atoms with Gasteiger partial charge in [0.1, 0.15) is 6.54 Å². The summed E-state index contributed by atoms with van der Waals surface area (Å²) in [5.74, 6) is -0.321. The third-order valence-corrected chi connectivity index (χ3v) is 4.53. The summed E-state index contributed by atoms with van der Waals surface area (Å²) in [5, 5.41) is 9.44. The van der Waals surface area contributed by atoms with Crippen LogP contribution in [0, 0.1) is 0 Å². The molecule has 1 unspecified atom stereocenters. The van der Waals surface area contributed by atoms with Crippen molar-refractivity contribution in [1.82, 2.24) is 29.7 Å². The lowest BCUT2D eigenvalue weighted by Crippen LogP contribution is -2.25. The summed E-state index contributed by atoms with van der Waals surface area (Å²) in [5.41, 5.74) is 0.438. The number of carbonyl (C=O) groups is 1. The van der Waals surface area contributed by atoms with Gasteiger partial charge in [-0.05, 0) is 25.1 Å². The Balaban J connectivity index is 1.82. The second kappa shape index (κ2) is 8.33. The average molecular weight is 409 g/mol. The Hall–Kier alpha value is -3.02. The van der Waals surface area contributed by atoms with Gasteiger partial charge in [-0.1, -0.05) is 11.8 Å².